The zero-order valence-electron chi connectivity index (χ0n) is 16.9. The highest BCUT2D eigenvalue weighted by Gasteiger charge is 2.19. The van der Waals surface area contributed by atoms with E-state index in [0.717, 1.165) is 12.0 Å². The molecule has 0 saturated carbocycles. The number of fused-ring (bicyclic) bond motifs is 1. The maximum atomic E-state index is 12.7. The zero-order valence-corrected chi connectivity index (χ0v) is 16.9. The monoisotopic (exact) mass is 396 g/mol. The number of rotatable bonds is 7. The molecule has 3 rings (SSSR count). The van der Waals surface area contributed by atoms with E-state index in [1.807, 2.05) is 32.9 Å². The molecule has 2 aromatic carbocycles. The smallest absolute Gasteiger partial charge is 0.347 e. The Labute approximate surface area is 169 Å². The van der Waals surface area contributed by atoms with Crippen molar-refractivity contribution in [1.82, 2.24) is 0 Å². The van der Waals surface area contributed by atoms with Gasteiger partial charge in [0.15, 0.2) is 6.10 Å². The molecule has 0 aliphatic heterocycles. The first kappa shape index (κ1) is 20.5. The van der Waals surface area contributed by atoms with Crippen LogP contribution in [0.4, 0.5) is 0 Å². The third-order valence-electron chi connectivity index (χ3n) is 4.50. The molecule has 0 fully saturated rings. The average Bonchev–Trinajstić information content (AvgIpc) is 2.71. The van der Waals surface area contributed by atoms with Gasteiger partial charge < -0.3 is 18.6 Å². The van der Waals surface area contributed by atoms with Gasteiger partial charge in [-0.3, -0.25) is 4.79 Å². The summed E-state index contributed by atoms with van der Waals surface area (Å²) in [6, 6.07) is 12.1. The molecule has 0 saturated heterocycles. The average molecular weight is 396 g/mol. The minimum atomic E-state index is -0.780. The molecule has 0 radical (unpaired) electrons. The summed E-state index contributed by atoms with van der Waals surface area (Å²) in [6.45, 7) is 7.35. The van der Waals surface area contributed by atoms with Crippen LogP contribution in [0.5, 0.6) is 17.2 Å². The third-order valence-corrected chi connectivity index (χ3v) is 4.50. The van der Waals surface area contributed by atoms with Crippen LogP contribution in [0.15, 0.2) is 57.9 Å². The molecule has 0 aliphatic carbocycles. The number of esters is 1. The Morgan fingerprint density at radius 1 is 1.07 bits per heavy atom. The van der Waals surface area contributed by atoms with Crippen molar-refractivity contribution in [2.24, 2.45) is 0 Å². The second-order valence-electron chi connectivity index (χ2n) is 6.92. The van der Waals surface area contributed by atoms with Gasteiger partial charge in [-0.25, -0.2) is 4.79 Å². The van der Waals surface area contributed by atoms with Gasteiger partial charge in [0.2, 0.25) is 11.2 Å². The summed E-state index contributed by atoms with van der Waals surface area (Å²) in [5.74, 6) is 0.612. The lowest BCUT2D eigenvalue weighted by molar-refractivity contribution is -0.155. The molecule has 0 amide bonds. The molecule has 3 aromatic rings. The molecule has 29 heavy (non-hydrogen) atoms. The fourth-order valence-corrected chi connectivity index (χ4v) is 2.60. The van der Waals surface area contributed by atoms with E-state index in [1.54, 1.807) is 37.3 Å². The first-order valence-electron chi connectivity index (χ1n) is 9.54. The topological polar surface area (TPSA) is 75.0 Å². The Hall–Kier alpha value is -3.28. The van der Waals surface area contributed by atoms with Crippen LogP contribution in [-0.4, -0.2) is 18.2 Å². The molecule has 0 unspecified atom stereocenters. The summed E-state index contributed by atoms with van der Waals surface area (Å²) >= 11 is 0. The maximum absolute atomic E-state index is 12.7. The van der Waals surface area contributed by atoms with Crippen molar-refractivity contribution in [2.75, 3.05) is 0 Å². The normalized spacial score (nSPS) is 13.0. The summed E-state index contributed by atoms with van der Waals surface area (Å²) < 4.78 is 22.1. The second kappa shape index (κ2) is 8.82. The van der Waals surface area contributed by atoms with Gasteiger partial charge in [-0.15, -0.1) is 0 Å². The van der Waals surface area contributed by atoms with Gasteiger partial charge in [0.05, 0.1) is 11.5 Å². The Morgan fingerprint density at radius 3 is 2.45 bits per heavy atom. The maximum Gasteiger partial charge on any atom is 0.347 e. The van der Waals surface area contributed by atoms with E-state index in [9.17, 15) is 9.59 Å². The zero-order chi connectivity index (χ0) is 21.0. The molecule has 0 aliphatic rings. The quantitative estimate of drug-likeness (QED) is 0.523. The summed E-state index contributed by atoms with van der Waals surface area (Å²) in [4.78, 5) is 24.7. The third kappa shape index (κ3) is 4.96. The van der Waals surface area contributed by atoms with Crippen LogP contribution in [0.1, 0.15) is 32.8 Å². The molecule has 1 aromatic heterocycles. The highest BCUT2D eigenvalue weighted by Crippen LogP contribution is 2.25. The molecular formula is C23H24O6. The van der Waals surface area contributed by atoms with Crippen LogP contribution >= 0.6 is 0 Å². The van der Waals surface area contributed by atoms with E-state index < -0.39 is 12.1 Å². The molecule has 152 valence electrons. The van der Waals surface area contributed by atoms with Crippen molar-refractivity contribution >= 4 is 16.9 Å². The van der Waals surface area contributed by atoms with Gasteiger partial charge in [0.1, 0.15) is 23.3 Å². The van der Waals surface area contributed by atoms with Crippen LogP contribution in [0, 0.1) is 6.92 Å². The summed E-state index contributed by atoms with van der Waals surface area (Å²) in [5, 5.41) is 0.358. The number of hydrogen-bond donors (Lipinski definition) is 0. The fraction of sp³-hybridized carbons (Fsp3) is 0.304. The van der Waals surface area contributed by atoms with Gasteiger partial charge in [-0.2, -0.15) is 0 Å². The Morgan fingerprint density at radius 2 is 1.76 bits per heavy atom. The Kier molecular flexibility index (Phi) is 6.22. The van der Waals surface area contributed by atoms with E-state index in [0.29, 0.717) is 22.5 Å². The number of benzene rings is 2. The molecule has 0 spiro atoms. The van der Waals surface area contributed by atoms with Gasteiger partial charge in [0.25, 0.3) is 0 Å². The number of carbonyl (C=O) groups is 1. The molecule has 0 bridgehead atoms. The number of hydrogen-bond acceptors (Lipinski definition) is 6. The largest absolute Gasteiger partial charge is 0.479 e. The molecule has 6 heteroatoms. The first-order valence-corrected chi connectivity index (χ1v) is 9.54. The highest BCUT2D eigenvalue weighted by molar-refractivity contribution is 5.79. The van der Waals surface area contributed by atoms with Crippen molar-refractivity contribution in [1.29, 1.82) is 0 Å². The van der Waals surface area contributed by atoms with Gasteiger partial charge >= 0.3 is 5.97 Å². The van der Waals surface area contributed by atoms with Crippen LogP contribution in [0.2, 0.25) is 0 Å². The number of ether oxygens (including phenoxy) is 3. The van der Waals surface area contributed by atoms with E-state index in [4.69, 9.17) is 18.6 Å². The highest BCUT2D eigenvalue weighted by atomic mass is 16.6. The molecule has 1 heterocycles. The van der Waals surface area contributed by atoms with Gasteiger partial charge in [0, 0.05) is 6.07 Å². The minimum Gasteiger partial charge on any atom is -0.479 e. The summed E-state index contributed by atoms with van der Waals surface area (Å²) in [7, 11) is 0. The van der Waals surface area contributed by atoms with Crippen molar-refractivity contribution in [3.63, 3.8) is 0 Å². The SMILES string of the molecule is CC[C@H](C)OC(=O)[C@H](C)Oc1ccc2c(=O)c(Oc3ccc(C)cc3)coc2c1. The van der Waals surface area contributed by atoms with E-state index in [2.05, 4.69) is 0 Å². The van der Waals surface area contributed by atoms with Gasteiger partial charge in [-0.05, 0) is 51.5 Å². The van der Waals surface area contributed by atoms with Crippen LogP contribution in [0.3, 0.4) is 0 Å². The summed E-state index contributed by atoms with van der Waals surface area (Å²) in [5.41, 5.74) is 1.14. The second-order valence-corrected chi connectivity index (χ2v) is 6.92. The number of aryl methyl sites for hydroxylation is 1. The van der Waals surface area contributed by atoms with E-state index >= 15 is 0 Å². The molecule has 2 atom stereocenters. The van der Waals surface area contributed by atoms with E-state index in [1.165, 1.54) is 6.26 Å². The van der Waals surface area contributed by atoms with Gasteiger partial charge in [-0.1, -0.05) is 24.6 Å². The lowest BCUT2D eigenvalue weighted by Crippen LogP contribution is -2.29. The van der Waals surface area contributed by atoms with Crippen LogP contribution < -0.4 is 14.9 Å². The van der Waals surface area contributed by atoms with Crippen molar-refractivity contribution in [2.45, 2.75) is 46.3 Å². The fourth-order valence-electron chi connectivity index (χ4n) is 2.60. The van der Waals surface area contributed by atoms with Crippen LogP contribution in [0.25, 0.3) is 11.0 Å². The Balaban J connectivity index is 1.78. The standard InChI is InChI=1S/C23H24O6/c1-5-15(3)27-23(25)16(4)28-18-10-11-19-20(12-18)26-13-21(22(19)24)29-17-8-6-14(2)7-9-17/h6-13,15-16H,5H2,1-4H3/t15-,16-/m0/s1. The Bertz CT molecular complexity index is 1050. The molecule has 6 nitrogen and oxygen atoms in total. The van der Waals surface area contributed by atoms with Crippen molar-refractivity contribution < 1.29 is 23.4 Å². The predicted molar refractivity (Wildman–Crippen MR) is 110 cm³/mol. The number of carbonyl (C=O) groups excluding carboxylic acids is 1. The van der Waals surface area contributed by atoms with Crippen molar-refractivity contribution in [3.8, 4) is 17.2 Å². The molecular weight excluding hydrogens is 372 g/mol. The van der Waals surface area contributed by atoms with E-state index in [-0.39, 0.29) is 17.3 Å². The minimum absolute atomic E-state index is 0.0977. The van der Waals surface area contributed by atoms with Crippen LogP contribution in [-0.2, 0) is 9.53 Å². The predicted octanol–water partition coefficient (Wildman–Crippen LogP) is 5.00. The lowest BCUT2D eigenvalue weighted by atomic mass is 10.2. The summed E-state index contributed by atoms with van der Waals surface area (Å²) in [6.07, 6.45) is 1.05. The van der Waals surface area contributed by atoms with Crippen molar-refractivity contribution in [3.05, 3.63) is 64.5 Å². The first-order chi connectivity index (χ1) is 13.9. The lowest BCUT2D eigenvalue weighted by Gasteiger charge is -2.17. The molecule has 0 N–H and O–H groups in total.